The SMILES string of the molecule is COc1ccc(CCn2ccc(C)c(C(=O)NC(C)CN(C)C)c2=O)cc1OC. The Morgan fingerprint density at radius 2 is 1.86 bits per heavy atom. The lowest BCUT2D eigenvalue weighted by Gasteiger charge is -2.19. The van der Waals surface area contributed by atoms with Crippen molar-refractivity contribution in [3.05, 3.63) is 57.5 Å². The van der Waals surface area contributed by atoms with Gasteiger partial charge in [0.25, 0.3) is 11.5 Å². The summed E-state index contributed by atoms with van der Waals surface area (Å²) in [5, 5.41) is 2.91. The average Bonchev–Trinajstić information content (AvgIpc) is 2.66. The first kappa shape index (κ1) is 22.5. The van der Waals surface area contributed by atoms with Gasteiger partial charge in [0.1, 0.15) is 5.56 Å². The van der Waals surface area contributed by atoms with Crippen LogP contribution in [-0.4, -0.2) is 56.3 Å². The van der Waals surface area contributed by atoms with Gasteiger partial charge in [-0.3, -0.25) is 9.59 Å². The van der Waals surface area contributed by atoms with Gasteiger partial charge in [-0.2, -0.15) is 0 Å². The van der Waals surface area contributed by atoms with Gasteiger partial charge in [-0.1, -0.05) is 6.07 Å². The maximum Gasteiger partial charge on any atom is 0.263 e. The Hall–Kier alpha value is -2.80. The molecule has 1 aromatic heterocycles. The quantitative estimate of drug-likeness (QED) is 0.697. The zero-order chi connectivity index (χ0) is 21.6. The molecule has 0 saturated carbocycles. The number of benzene rings is 1. The first-order valence-electron chi connectivity index (χ1n) is 9.63. The second-order valence-electron chi connectivity index (χ2n) is 7.45. The predicted octanol–water partition coefficient (Wildman–Crippen LogP) is 2.10. The molecule has 7 nitrogen and oxygen atoms in total. The van der Waals surface area contributed by atoms with E-state index in [0.717, 1.165) is 5.56 Å². The Balaban J connectivity index is 2.18. The molecule has 1 aromatic carbocycles. The monoisotopic (exact) mass is 401 g/mol. The number of likely N-dealkylation sites (N-methyl/N-ethyl adjacent to an activating group) is 1. The molecule has 1 atom stereocenters. The number of methoxy groups -OCH3 is 2. The molecule has 0 aliphatic rings. The van der Waals surface area contributed by atoms with Crippen molar-refractivity contribution >= 4 is 5.91 Å². The van der Waals surface area contributed by atoms with Crippen LogP contribution < -0.4 is 20.3 Å². The normalized spacial score (nSPS) is 12.0. The summed E-state index contributed by atoms with van der Waals surface area (Å²) < 4.78 is 12.2. The van der Waals surface area contributed by atoms with Gasteiger partial charge in [0.05, 0.1) is 14.2 Å². The number of aryl methyl sites for hydroxylation is 3. The highest BCUT2D eigenvalue weighted by atomic mass is 16.5. The molecule has 0 aliphatic heterocycles. The zero-order valence-corrected chi connectivity index (χ0v) is 18.1. The maximum atomic E-state index is 12.9. The molecule has 7 heteroatoms. The van der Waals surface area contributed by atoms with E-state index in [2.05, 4.69) is 5.32 Å². The van der Waals surface area contributed by atoms with Crippen molar-refractivity contribution in [3.8, 4) is 11.5 Å². The fourth-order valence-electron chi connectivity index (χ4n) is 3.29. The lowest BCUT2D eigenvalue weighted by molar-refractivity contribution is 0.0931. The van der Waals surface area contributed by atoms with Crippen molar-refractivity contribution in [1.82, 2.24) is 14.8 Å². The van der Waals surface area contributed by atoms with E-state index in [4.69, 9.17) is 9.47 Å². The van der Waals surface area contributed by atoms with Crippen LogP contribution in [0.2, 0.25) is 0 Å². The average molecular weight is 402 g/mol. The number of ether oxygens (including phenoxy) is 2. The van der Waals surface area contributed by atoms with Crippen LogP contribution in [0.4, 0.5) is 0 Å². The molecular formula is C22H31N3O4. The van der Waals surface area contributed by atoms with E-state index in [-0.39, 0.29) is 23.1 Å². The molecule has 2 aromatic rings. The molecule has 0 spiro atoms. The van der Waals surface area contributed by atoms with E-state index >= 15 is 0 Å². The number of carbonyl (C=O) groups excluding carboxylic acids is 1. The topological polar surface area (TPSA) is 72.8 Å². The molecule has 1 N–H and O–H groups in total. The van der Waals surface area contributed by atoms with Crippen molar-refractivity contribution < 1.29 is 14.3 Å². The molecule has 0 bridgehead atoms. The summed E-state index contributed by atoms with van der Waals surface area (Å²) in [7, 11) is 7.07. The summed E-state index contributed by atoms with van der Waals surface area (Å²) in [5.74, 6) is 0.980. The highest BCUT2D eigenvalue weighted by Gasteiger charge is 2.18. The second-order valence-corrected chi connectivity index (χ2v) is 7.45. The third-order valence-electron chi connectivity index (χ3n) is 4.71. The zero-order valence-electron chi connectivity index (χ0n) is 18.1. The van der Waals surface area contributed by atoms with Crippen LogP contribution in [0.15, 0.2) is 35.3 Å². The summed E-state index contributed by atoms with van der Waals surface area (Å²) in [5.41, 5.74) is 1.61. The summed E-state index contributed by atoms with van der Waals surface area (Å²) in [6.07, 6.45) is 2.36. The number of hydrogen-bond donors (Lipinski definition) is 1. The van der Waals surface area contributed by atoms with E-state index in [1.54, 1.807) is 31.9 Å². The Morgan fingerprint density at radius 1 is 1.17 bits per heavy atom. The minimum Gasteiger partial charge on any atom is -0.493 e. The molecule has 0 aliphatic carbocycles. The molecule has 2 rings (SSSR count). The summed E-state index contributed by atoms with van der Waals surface area (Å²) in [4.78, 5) is 27.6. The minimum atomic E-state index is -0.331. The van der Waals surface area contributed by atoms with Gasteiger partial charge in [-0.15, -0.1) is 0 Å². The van der Waals surface area contributed by atoms with Crippen LogP contribution in [0.5, 0.6) is 11.5 Å². The van der Waals surface area contributed by atoms with E-state index < -0.39 is 0 Å². The van der Waals surface area contributed by atoms with Gasteiger partial charge in [0, 0.05) is 25.3 Å². The van der Waals surface area contributed by atoms with Gasteiger partial charge < -0.3 is 24.3 Å². The molecular weight excluding hydrogens is 370 g/mol. The summed E-state index contributed by atoms with van der Waals surface area (Å²) in [6.45, 7) is 4.87. The summed E-state index contributed by atoms with van der Waals surface area (Å²) in [6, 6.07) is 7.43. The van der Waals surface area contributed by atoms with Gasteiger partial charge >= 0.3 is 0 Å². The predicted molar refractivity (Wildman–Crippen MR) is 114 cm³/mol. The highest BCUT2D eigenvalue weighted by Crippen LogP contribution is 2.27. The van der Waals surface area contributed by atoms with E-state index in [1.807, 2.05) is 50.2 Å². The second kappa shape index (κ2) is 10.1. The molecule has 158 valence electrons. The van der Waals surface area contributed by atoms with Gasteiger partial charge in [0.15, 0.2) is 11.5 Å². The lowest BCUT2D eigenvalue weighted by Crippen LogP contribution is -2.42. The highest BCUT2D eigenvalue weighted by molar-refractivity contribution is 5.95. The van der Waals surface area contributed by atoms with Gasteiger partial charge in [-0.25, -0.2) is 0 Å². The van der Waals surface area contributed by atoms with E-state index in [9.17, 15) is 9.59 Å². The van der Waals surface area contributed by atoms with Gasteiger partial charge in [0.2, 0.25) is 0 Å². The van der Waals surface area contributed by atoms with Crippen LogP contribution in [0, 0.1) is 6.92 Å². The smallest absolute Gasteiger partial charge is 0.263 e. The van der Waals surface area contributed by atoms with Crippen LogP contribution in [0.1, 0.15) is 28.4 Å². The molecule has 29 heavy (non-hydrogen) atoms. The third-order valence-corrected chi connectivity index (χ3v) is 4.71. The molecule has 0 radical (unpaired) electrons. The Labute approximate surface area is 172 Å². The summed E-state index contributed by atoms with van der Waals surface area (Å²) >= 11 is 0. The van der Waals surface area contributed by atoms with Crippen molar-refractivity contribution in [2.75, 3.05) is 34.9 Å². The van der Waals surface area contributed by atoms with Crippen LogP contribution in [0.3, 0.4) is 0 Å². The molecule has 1 heterocycles. The van der Waals surface area contributed by atoms with E-state index in [1.165, 1.54) is 0 Å². The Bertz CT molecular complexity index is 905. The minimum absolute atomic E-state index is 0.0586. The number of rotatable bonds is 9. The largest absolute Gasteiger partial charge is 0.493 e. The van der Waals surface area contributed by atoms with Crippen LogP contribution >= 0.6 is 0 Å². The van der Waals surface area contributed by atoms with Crippen LogP contribution in [-0.2, 0) is 13.0 Å². The number of hydrogen-bond acceptors (Lipinski definition) is 5. The molecule has 1 amide bonds. The fourth-order valence-corrected chi connectivity index (χ4v) is 3.29. The van der Waals surface area contributed by atoms with Gasteiger partial charge in [-0.05, 0) is 63.7 Å². The number of nitrogens with one attached hydrogen (secondary N) is 1. The Kier molecular flexibility index (Phi) is 7.84. The first-order valence-corrected chi connectivity index (χ1v) is 9.63. The molecule has 1 unspecified atom stereocenters. The third kappa shape index (κ3) is 5.84. The maximum absolute atomic E-state index is 12.9. The number of aromatic nitrogens is 1. The first-order chi connectivity index (χ1) is 13.8. The van der Waals surface area contributed by atoms with E-state index in [0.29, 0.717) is 36.6 Å². The van der Waals surface area contributed by atoms with Crippen molar-refractivity contribution in [1.29, 1.82) is 0 Å². The molecule has 0 fully saturated rings. The Morgan fingerprint density at radius 3 is 2.48 bits per heavy atom. The van der Waals surface area contributed by atoms with Crippen molar-refractivity contribution in [3.63, 3.8) is 0 Å². The molecule has 0 saturated heterocycles. The van der Waals surface area contributed by atoms with Crippen molar-refractivity contribution in [2.45, 2.75) is 32.9 Å². The fraction of sp³-hybridized carbons (Fsp3) is 0.455. The number of nitrogens with zero attached hydrogens (tertiary/aromatic N) is 2. The standard InChI is InChI=1S/C22H31N3O4/c1-15-9-11-25(12-10-17-7-8-18(28-5)19(13-17)29-6)22(27)20(15)21(26)23-16(2)14-24(3)4/h7-9,11,13,16H,10,12,14H2,1-6H3,(H,23,26). The number of pyridine rings is 1. The lowest BCUT2D eigenvalue weighted by atomic mass is 10.1. The van der Waals surface area contributed by atoms with Crippen molar-refractivity contribution in [2.24, 2.45) is 0 Å². The number of amides is 1. The number of carbonyl (C=O) groups is 1. The van der Waals surface area contributed by atoms with Crippen LogP contribution in [0.25, 0.3) is 0 Å².